The number of aromatic nitrogens is 2. The number of nitrogens with zero attached hydrogens (tertiary/aromatic N) is 3. The van der Waals surface area contributed by atoms with Crippen LogP contribution in [0.5, 0.6) is 5.75 Å². The van der Waals surface area contributed by atoms with Crippen molar-refractivity contribution >= 4 is 29.1 Å². The van der Waals surface area contributed by atoms with E-state index in [-0.39, 0.29) is 0 Å². The maximum atomic E-state index is 12.9. The lowest BCUT2D eigenvalue weighted by atomic mass is 10.1. The molecule has 2 aromatic carbocycles. The molecule has 0 aliphatic carbocycles. The Morgan fingerprint density at radius 1 is 1.06 bits per heavy atom. The molecule has 6 nitrogen and oxygen atoms in total. The molecular formula is C24H26F3N5OS. The fraction of sp³-hybridized carbons (Fsp3) is 0.333. The molecule has 2 N–H and O–H groups in total. The van der Waals surface area contributed by atoms with Crippen LogP contribution in [-0.2, 0) is 19.3 Å². The van der Waals surface area contributed by atoms with Crippen molar-refractivity contribution < 1.29 is 17.9 Å². The van der Waals surface area contributed by atoms with Gasteiger partial charge < -0.3 is 20.3 Å². The van der Waals surface area contributed by atoms with Crippen LogP contribution in [0, 0.1) is 0 Å². The Bertz CT molecular complexity index is 1110. The first-order valence-corrected chi connectivity index (χ1v) is 11.9. The molecule has 10 heteroatoms. The van der Waals surface area contributed by atoms with Crippen LogP contribution in [-0.4, -0.2) is 29.5 Å². The first-order chi connectivity index (χ1) is 16.4. The molecule has 1 aliphatic heterocycles. The van der Waals surface area contributed by atoms with E-state index in [4.69, 9.17) is 14.7 Å². The van der Waals surface area contributed by atoms with Crippen molar-refractivity contribution in [1.29, 1.82) is 0 Å². The van der Waals surface area contributed by atoms with Gasteiger partial charge in [-0.1, -0.05) is 43.0 Å². The smallest absolute Gasteiger partial charge is 0.416 e. The van der Waals surface area contributed by atoms with Gasteiger partial charge in [0, 0.05) is 18.8 Å². The summed E-state index contributed by atoms with van der Waals surface area (Å²) in [5.41, 5.74) is 2.00. The lowest BCUT2D eigenvalue weighted by Crippen LogP contribution is -2.22. The number of ether oxygens (including phenoxy) is 1. The Hall–Kier alpha value is -3.14. The normalized spacial score (nSPS) is 12.9. The zero-order chi connectivity index (χ0) is 24.1. The Kier molecular flexibility index (Phi) is 7.35. The highest BCUT2D eigenvalue weighted by molar-refractivity contribution is 7.99. The standard InChI is InChI=1S/C24H26F3N5OS/c1-3-12-34-23-30-21(28-13-16-6-10-19(33-2)11-7-16)20-22(31-23)32(15-29-20)14-17-4-8-18(9-5-17)24(25,26)27/h4-11,29H,3,12-15H2,1-2H3,(H,28,30,31). The summed E-state index contributed by atoms with van der Waals surface area (Å²) >= 11 is 1.58. The lowest BCUT2D eigenvalue weighted by molar-refractivity contribution is -0.137. The minimum atomic E-state index is -4.34. The number of alkyl halides is 3. The largest absolute Gasteiger partial charge is 0.497 e. The lowest BCUT2D eigenvalue weighted by Gasteiger charge is -2.18. The van der Waals surface area contributed by atoms with Crippen molar-refractivity contribution in [1.82, 2.24) is 9.97 Å². The summed E-state index contributed by atoms with van der Waals surface area (Å²) in [6, 6.07) is 13.1. The minimum absolute atomic E-state index is 0.435. The van der Waals surface area contributed by atoms with Gasteiger partial charge in [-0.3, -0.25) is 0 Å². The van der Waals surface area contributed by atoms with E-state index in [2.05, 4.69) is 17.6 Å². The fourth-order valence-corrected chi connectivity index (χ4v) is 4.23. The average molecular weight is 490 g/mol. The minimum Gasteiger partial charge on any atom is -0.497 e. The van der Waals surface area contributed by atoms with E-state index in [1.807, 2.05) is 29.2 Å². The zero-order valence-corrected chi connectivity index (χ0v) is 19.8. The fourth-order valence-electron chi connectivity index (χ4n) is 3.54. The maximum Gasteiger partial charge on any atom is 0.416 e. The molecule has 0 amide bonds. The number of rotatable bonds is 9. The molecule has 0 radical (unpaired) electrons. The van der Waals surface area contributed by atoms with Gasteiger partial charge in [-0.25, -0.2) is 9.97 Å². The molecule has 0 fully saturated rings. The van der Waals surface area contributed by atoms with Crippen LogP contribution in [0.1, 0.15) is 30.0 Å². The molecule has 0 saturated heterocycles. The Balaban J connectivity index is 1.54. The van der Waals surface area contributed by atoms with Gasteiger partial charge in [0.1, 0.15) is 11.4 Å². The van der Waals surface area contributed by atoms with E-state index in [1.165, 1.54) is 12.1 Å². The molecule has 0 saturated carbocycles. The topological polar surface area (TPSA) is 62.3 Å². The van der Waals surface area contributed by atoms with E-state index in [0.29, 0.717) is 30.7 Å². The summed E-state index contributed by atoms with van der Waals surface area (Å²) in [6.45, 7) is 3.60. The molecule has 1 aromatic heterocycles. The van der Waals surface area contributed by atoms with Crippen molar-refractivity contribution in [3.63, 3.8) is 0 Å². The zero-order valence-electron chi connectivity index (χ0n) is 18.9. The van der Waals surface area contributed by atoms with Crippen LogP contribution in [0.2, 0.25) is 0 Å². The molecule has 0 bridgehead atoms. The third-order valence-electron chi connectivity index (χ3n) is 5.32. The summed E-state index contributed by atoms with van der Waals surface area (Å²) in [5, 5.41) is 7.41. The van der Waals surface area contributed by atoms with Gasteiger partial charge in [-0.05, 0) is 41.8 Å². The molecule has 34 heavy (non-hydrogen) atoms. The average Bonchev–Trinajstić information content (AvgIpc) is 3.24. The SMILES string of the molecule is CCCSc1nc(NCc2ccc(OC)cc2)c2c(n1)N(Cc1ccc(C(F)(F)F)cc1)CN2. The van der Waals surface area contributed by atoms with Gasteiger partial charge >= 0.3 is 6.18 Å². The van der Waals surface area contributed by atoms with Gasteiger partial charge in [-0.2, -0.15) is 13.2 Å². The molecule has 1 aliphatic rings. The van der Waals surface area contributed by atoms with Gasteiger partial charge in [0.05, 0.1) is 19.3 Å². The van der Waals surface area contributed by atoms with E-state index < -0.39 is 11.7 Å². The highest BCUT2D eigenvalue weighted by Crippen LogP contribution is 2.38. The molecule has 0 unspecified atom stereocenters. The number of halogens is 3. The summed E-state index contributed by atoms with van der Waals surface area (Å²) < 4.78 is 43.9. The van der Waals surface area contributed by atoms with Gasteiger partial charge in [0.25, 0.3) is 0 Å². The number of hydrogen-bond donors (Lipinski definition) is 2. The number of anilines is 3. The highest BCUT2D eigenvalue weighted by Gasteiger charge is 2.30. The monoisotopic (exact) mass is 489 g/mol. The van der Waals surface area contributed by atoms with Crippen molar-refractivity contribution in [2.45, 2.75) is 37.8 Å². The highest BCUT2D eigenvalue weighted by atomic mass is 32.2. The first kappa shape index (κ1) is 24.0. The van der Waals surface area contributed by atoms with Crippen molar-refractivity contribution in [2.24, 2.45) is 0 Å². The molecular weight excluding hydrogens is 463 g/mol. The summed E-state index contributed by atoms with van der Waals surface area (Å²) in [7, 11) is 1.63. The predicted molar refractivity (Wildman–Crippen MR) is 129 cm³/mol. The Morgan fingerprint density at radius 2 is 1.76 bits per heavy atom. The van der Waals surface area contributed by atoms with Gasteiger partial charge in [0.2, 0.25) is 0 Å². The van der Waals surface area contributed by atoms with E-state index >= 15 is 0 Å². The third-order valence-corrected chi connectivity index (χ3v) is 6.38. The Morgan fingerprint density at radius 3 is 2.41 bits per heavy atom. The third kappa shape index (κ3) is 5.67. The van der Waals surface area contributed by atoms with Crippen molar-refractivity contribution in [3.05, 3.63) is 65.2 Å². The first-order valence-electron chi connectivity index (χ1n) is 10.9. The molecule has 4 rings (SSSR count). The number of fused-ring (bicyclic) bond motifs is 1. The second kappa shape index (κ2) is 10.4. The number of hydrogen-bond acceptors (Lipinski definition) is 7. The van der Waals surface area contributed by atoms with E-state index in [1.54, 1.807) is 18.9 Å². The second-order valence-electron chi connectivity index (χ2n) is 7.83. The summed E-state index contributed by atoms with van der Waals surface area (Å²) in [6.07, 6.45) is -3.35. The van der Waals surface area contributed by atoms with Crippen LogP contribution in [0.25, 0.3) is 0 Å². The van der Waals surface area contributed by atoms with Crippen molar-refractivity contribution in [2.75, 3.05) is 35.1 Å². The summed E-state index contributed by atoms with van der Waals surface area (Å²) in [4.78, 5) is 11.5. The van der Waals surface area contributed by atoms with E-state index in [0.717, 1.165) is 52.7 Å². The number of thioether (sulfide) groups is 1. The number of nitrogens with one attached hydrogen (secondary N) is 2. The van der Waals surface area contributed by atoms with E-state index in [9.17, 15) is 13.2 Å². The maximum absolute atomic E-state index is 12.9. The molecule has 2 heterocycles. The molecule has 0 atom stereocenters. The molecule has 3 aromatic rings. The Labute approximate surface area is 200 Å². The number of benzene rings is 2. The summed E-state index contributed by atoms with van der Waals surface area (Å²) in [5.74, 6) is 3.13. The van der Waals surface area contributed by atoms with Crippen LogP contribution < -0.4 is 20.3 Å². The predicted octanol–water partition coefficient (Wildman–Crippen LogP) is 6.01. The van der Waals surface area contributed by atoms with Crippen molar-refractivity contribution in [3.8, 4) is 5.75 Å². The molecule has 180 valence electrons. The second-order valence-corrected chi connectivity index (χ2v) is 8.89. The molecule has 0 spiro atoms. The van der Waals surface area contributed by atoms with Crippen LogP contribution in [0.3, 0.4) is 0 Å². The van der Waals surface area contributed by atoms with Crippen LogP contribution in [0.4, 0.5) is 30.5 Å². The van der Waals surface area contributed by atoms with Gasteiger partial charge in [-0.15, -0.1) is 0 Å². The van der Waals surface area contributed by atoms with Crippen LogP contribution >= 0.6 is 11.8 Å². The number of methoxy groups -OCH3 is 1. The quantitative estimate of drug-likeness (QED) is 0.282. The van der Waals surface area contributed by atoms with Crippen LogP contribution in [0.15, 0.2) is 53.7 Å². The van der Waals surface area contributed by atoms with Gasteiger partial charge in [0.15, 0.2) is 16.8 Å².